The van der Waals surface area contributed by atoms with E-state index in [1.165, 1.54) is 32.2 Å². The molecule has 0 radical (unpaired) electrons. The minimum Gasteiger partial charge on any atom is -0.380 e. The van der Waals surface area contributed by atoms with Gasteiger partial charge in [-0.2, -0.15) is 0 Å². The molecule has 2 nitrogen and oxygen atoms in total. The lowest BCUT2D eigenvalue weighted by atomic mass is 9.92. The van der Waals surface area contributed by atoms with Gasteiger partial charge in [0.2, 0.25) is 0 Å². The fourth-order valence-corrected chi connectivity index (χ4v) is 2.99. The Morgan fingerprint density at radius 3 is 2.83 bits per heavy atom. The maximum Gasteiger partial charge on any atom is 0.0729 e. The summed E-state index contributed by atoms with van der Waals surface area (Å²) in [7, 11) is 4.10. The summed E-state index contributed by atoms with van der Waals surface area (Å²) in [5, 5.41) is 0. The molecule has 0 amide bonds. The Bertz CT molecular complexity index is 154. The van der Waals surface area contributed by atoms with Crippen molar-refractivity contribution in [1.29, 1.82) is 0 Å². The summed E-state index contributed by atoms with van der Waals surface area (Å²) in [5.74, 6) is 0.925. The Balaban J connectivity index is 2.06. The monoisotopic (exact) mass is 169 g/mol. The fraction of sp³-hybridized carbons (Fsp3) is 1.00. The lowest BCUT2D eigenvalue weighted by Gasteiger charge is -2.37. The number of likely N-dealkylation sites (tertiary alicyclic amines) is 1. The van der Waals surface area contributed by atoms with Crippen LogP contribution in [0.25, 0.3) is 0 Å². The number of nitrogens with zero attached hydrogens (tertiary/aromatic N) is 1. The minimum absolute atomic E-state index is 0.514. The number of methoxy groups -OCH3 is 1. The first-order valence-electron chi connectivity index (χ1n) is 5.06. The van der Waals surface area contributed by atoms with Crippen molar-refractivity contribution in [3.8, 4) is 0 Å². The standard InChI is InChI=1S/C10H19NO/c1-11-7-3-4-8-5-6-9(12-2)10(8)11/h8-10H,3-7H2,1-2H3. The Morgan fingerprint density at radius 2 is 2.08 bits per heavy atom. The highest BCUT2D eigenvalue weighted by Crippen LogP contribution is 2.37. The van der Waals surface area contributed by atoms with Crippen molar-refractivity contribution < 1.29 is 4.74 Å². The Morgan fingerprint density at radius 1 is 1.25 bits per heavy atom. The average Bonchev–Trinajstić information content (AvgIpc) is 2.49. The fourth-order valence-electron chi connectivity index (χ4n) is 2.99. The van der Waals surface area contributed by atoms with Gasteiger partial charge in [0.05, 0.1) is 6.10 Å². The molecule has 1 aliphatic heterocycles. The van der Waals surface area contributed by atoms with Crippen molar-refractivity contribution in [1.82, 2.24) is 4.90 Å². The Hall–Kier alpha value is -0.0800. The molecule has 2 rings (SSSR count). The second-order valence-corrected chi connectivity index (χ2v) is 4.23. The third-order valence-corrected chi connectivity index (χ3v) is 3.58. The molecule has 1 saturated carbocycles. The number of fused-ring (bicyclic) bond motifs is 1. The molecule has 0 aromatic carbocycles. The molecule has 1 heterocycles. The van der Waals surface area contributed by atoms with Gasteiger partial charge in [-0.3, -0.25) is 0 Å². The van der Waals surface area contributed by atoms with E-state index < -0.39 is 0 Å². The van der Waals surface area contributed by atoms with Crippen molar-refractivity contribution in [3.63, 3.8) is 0 Å². The van der Waals surface area contributed by atoms with E-state index in [1.807, 2.05) is 7.11 Å². The van der Waals surface area contributed by atoms with Crippen LogP contribution in [-0.4, -0.2) is 37.7 Å². The summed E-state index contributed by atoms with van der Waals surface area (Å²) in [6.45, 7) is 1.26. The van der Waals surface area contributed by atoms with Gasteiger partial charge in [0.15, 0.2) is 0 Å². The molecule has 1 saturated heterocycles. The molecule has 0 spiro atoms. The topological polar surface area (TPSA) is 12.5 Å². The molecule has 2 aliphatic rings. The zero-order valence-corrected chi connectivity index (χ0v) is 8.12. The molecule has 2 heteroatoms. The zero-order chi connectivity index (χ0) is 8.55. The number of piperidine rings is 1. The molecule has 12 heavy (non-hydrogen) atoms. The van der Waals surface area contributed by atoms with Crippen LogP contribution in [0.5, 0.6) is 0 Å². The van der Waals surface area contributed by atoms with Gasteiger partial charge in [-0.15, -0.1) is 0 Å². The van der Waals surface area contributed by atoms with Crippen LogP contribution < -0.4 is 0 Å². The summed E-state index contributed by atoms with van der Waals surface area (Å²) in [6.07, 6.45) is 5.98. The van der Waals surface area contributed by atoms with Crippen molar-refractivity contribution in [3.05, 3.63) is 0 Å². The smallest absolute Gasteiger partial charge is 0.0729 e. The van der Waals surface area contributed by atoms with Crippen LogP contribution in [-0.2, 0) is 4.74 Å². The van der Waals surface area contributed by atoms with Gasteiger partial charge in [-0.05, 0) is 45.2 Å². The van der Waals surface area contributed by atoms with E-state index in [4.69, 9.17) is 4.74 Å². The second kappa shape index (κ2) is 3.35. The van der Waals surface area contributed by atoms with Gasteiger partial charge in [-0.25, -0.2) is 0 Å². The largest absolute Gasteiger partial charge is 0.380 e. The van der Waals surface area contributed by atoms with E-state index in [9.17, 15) is 0 Å². The third-order valence-electron chi connectivity index (χ3n) is 3.58. The van der Waals surface area contributed by atoms with Gasteiger partial charge < -0.3 is 9.64 Å². The molecular formula is C10H19NO. The molecule has 0 bridgehead atoms. The second-order valence-electron chi connectivity index (χ2n) is 4.23. The summed E-state index contributed by atoms with van der Waals surface area (Å²) >= 11 is 0. The maximum absolute atomic E-state index is 5.51. The predicted octanol–water partition coefficient (Wildman–Crippen LogP) is 1.51. The molecule has 3 unspecified atom stereocenters. The first kappa shape index (κ1) is 8.52. The van der Waals surface area contributed by atoms with E-state index in [2.05, 4.69) is 11.9 Å². The van der Waals surface area contributed by atoms with Crippen LogP contribution >= 0.6 is 0 Å². The average molecular weight is 169 g/mol. The SMILES string of the molecule is COC1CCC2CCCN(C)C21. The summed E-state index contributed by atoms with van der Waals surface area (Å²) in [4.78, 5) is 2.50. The molecule has 0 N–H and O–H groups in total. The molecule has 2 fully saturated rings. The zero-order valence-electron chi connectivity index (χ0n) is 8.12. The highest BCUT2D eigenvalue weighted by atomic mass is 16.5. The van der Waals surface area contributed by atoms with Gasteiger partial charge in [-0.1, -0.05) is 0 Å². The Labute approximate surface area is 74.9 Å². The highest BCUT2D eigenvalue weighted by Gasteiger charge is 2.40. The van der Waals surface area contributed by atoms with Crippen molar-refractivity contribution in [2.45, 2.75) is 37.8 Å². The highest BCUT2D eigenvalue weighted by molar-refractivity contribution is 4.94. The number of likely N-dealkylation sites (N-methyl/N-ethyl adjacent to an activating group) is 1. The van der Waals surface area contributed by atoms with Gasteiger partial charge in [0, 0.05) is 13.2 Å². The van der Waals surface area contributed by atoms with E-state index in [0.717, 1.165) is 12.0 Å². The predicted molar refractivity (Wildman–Crippen MR) is 49.2 cm³/mol. The number of rotatable bonds is 1. The lowest BCUT2D eigenvalue weighted by molar-refractivity contribution is 0.0148. The quantitative estimate of drug-likeness (QED) is 0.590. The summed E-state index contributed by atoms with van der Waals surface area (Å²) in [5.41, 5.74) is 0. The number of hydrogen-bond acceptors (Lipinski definition) is 2. The first-order chi connectivity index (χ1) is 5.83. The lowest BCUT2D eigenvalue weighted by Crippen LogP contribution is -2.46. The molecule has 0 aromatic rings. The van der Waals surface area contributed by atoms with Crippen LogP contribution in [0.15, 0.2) is 0 Å². The van der Waals surface area contributed by atoms with Crippen LogP contribution in [0.3, 0.4) is 0 Å². The summed E-state index contributed by atoms with van der Waals surface area (Å²) in [6, 6.07) is 0.726. The van der Waals surface area contributed by atoms with E-state index in [1.54, 1.807) is 0 Å². The molecule has 1 aliphatic carbocycles. The van der Waals surface area contributed by atoms with E-state index in [0.29, 0.717) is 6.10 Å². The molecule has 0 aromatic heterocycles. The first-order valence-corrected chi connectivity index (χ1v) is 5.06. The van der Waals surface area contributed by atoms with Crippen LogP contribution in [0.4, 0.5) is 0 Å². The van der Waals surface area contributed by atoms with Gasteiger partial charge in [0.1, 0.15) is 0 Å². The van der Waals surface area contributed by atoms with Crippen LogP contribution in [0.1, 0.15) is 25.7 Å². The normalized spacial score (nSPS) is 43.0. The van der Waals surface area contributed by atoms with Crippen molar-refractivity contribution >= 4 is 0 Å². The van der Waals surface area contributed by atoms with Gasteiger partial charge >= 0.3 is 0 Å². The van der Waals surface area contributed by atoms with Gasteiger partial charge in [0.25, 0.3) is 0 Å². The number of ether oxygens (including phenoxy) is 1. The maximum atomic E-state index is 5.51. The Kier molecular flexibility index (Phi) is 2.37. The summed E-state index contributed by atoms with van der Waals surface area (Å²) < 4.78 is 5.51. The van der Waals surface area contributed by atoms with E-state index in [-0.39, 0.29) is 0 Å². The number of hydrogen-bond donors (Lipinski definition) is 0. The van der Waals surface area contributed by atoms with E-state index >= 15 is 0 Å². The van der Waals surface area contributed by atoms with Crippen LogP contribution in [0, 0.1) is 5.92 Å². The molecule has 70 valence electrons. The van der Waals surface area contributed by atoms with Crippen molar-refractivity contribution in [2.24, 2.45) is 5.92 Å². The van der Waals surface area contributed by atoms with Crippen LogP contribution in [0.2, 0.25) is 0 Å². The molecule has 3 atom stereocenters. The minimum atomic E-state index is 0.514. The third kappa shape index (κ3) is 1.27. The van der Waals surface area contributed by atoms with Crippen molar-refractivity contribution in [2.75, 3.05) is 20.7 Å². The molecular weight excluding hydrogens is 150 g/mol.